The fraction of sp³-hybridized carbons (Fsp3) is 0.919. The average Bonchev–Trinajstić information content (AvgIpc) is 3.00. The molecule has 0 aliphatic rings. The van der Waals surface area contributed by atoms with Crippen LogP contribution in [0.25, 0.3) is 0 Å². The van der Waals surface area contributed by atoms with E-state index < -0.39 is 6.10 Å². The smallest absolute Gasteiger partial charge is 0.306 e. The molecule has 0 saturated heterocycles. The molecule has 254 valence electrons. The van der Waals surface area contributed by atoms with Crippen LogP contribution >= 0.6 is 0 Å². The molecule has 1 unspecified atom stereocenters. The van der Waals surface area contributed by atoms with E-state index in [9.17, 15) is 14.4 Å². The largest absolute Gasteiger partial charge is 0.462 e. The molecule has 0 bridgehead atoms. The van der Waals surface area contributed by atoms with Crippen molar-refractivity contribution in [1.82, 2.24) is 0 Å². The molecule has 0 heterocycles. The number of unbranched alkanes of at least 4 members (excludes halogenated alkanes) is 22. The predicted octanol–water partition coefficient (Wildman–Crippen LogP) is 11.0. The van der Waals surface area contributed by atoms with Crippen LogP contribution in [0.2, 0.25) is 0 Å². The van der Waals surface area contributed by atoms with Gasteiger partial charge in [-0.05, 0) is 19.3 Å². The van der Waals surface area contributed by atoms with Gasteiger partial charge in [-0.25, -0.2) is 0 Å². The van der Waals surface area contributed by atoms with Gasteiger partial charge in [0.15, 0.2) is 6.10 Å². The third-order valence-electron chi connectivity index (χ3n) is 8.11. The van der Waals surface area contributed by atoms with E-state index in [1.165, 1.54) is 103 Å². The molecule has 0 aliphatic carbocycles. The van der Waals surface area contributed by atoms with Crippen LogP contribution in [0.1, 0.15) is 201 Å². The lowest BCUT2D eigenvalue weighted by molar-refractivity contribution is -0.167. The topological polar surface area (TPSA) is 78.9 Å². The van der Waals surface area contributed by atoms with Crippen molar-refractivity contribution in [2.45, 2.75) is 207 Å². The third kappa shape index (κ3) is 31.6. The van der Waals surface area contributed by atoms with E-state index in [0.717, 1.165) is 57.8 Å². The molecule has 1 atom stereocenters. The second kappa shape index (κ2) is 33.3. The molecule has 0 radical (unpaired) electrons. The monoisotopic (exact) mass is 611 g/mol. The number of esters is 3. The minimum atomic E-state index is -0.753. The summed E-state index contributed by atoms with van der Waals surface area (Å²) in [7, 11) is 0. The fourth-order valence-electron chi connectivity index (χ4n) is 5.26. The van der Waals surface area contributed by atoms with Gasteiger partial charge in [-0.2, -0.15) is 0 Å². The van der Waals surface area contributed by atoms with Gasteiger partial charge in [0.1, 0.15) is 13.2 Å². The number of rotatable bonds is 33. The van der Waals surface area contributed by atoms with Gasteiger partial charge in [0.2, 0.25) is 0 Å². The number of ether oxygens (including phenoxy) is 3. The van der Waals surface area contributed by atoms with E-state index in [-0.39, 0.29) is 31.1 Å². The van der Waals surface area contributed by atoms with Gasteiger partial charge >= 0.3 is 17.9 Å². The standard InChI is InChI=1S/C37H70O6/c1-4-7-10-12-14-16-17-18-19-21-22-24-27-30-36(39)42-33-34(32-41-35(38)29-26-9-6-3)43-37(40)31-28-25-23-20-15-13-11-8-5-2/h34H,4-33H2,1-3H3. The Balaban J connectivity index is 4.15. The van der Waals surface area contributed by atoms with E-state index in [1.807, 2.05) is 0 Å². The van der Waals surface area contributed by atoms with Gasteiger partial charge in [-0.1, -0.05) is 162 Å². The SMILES string of the molecule is CCCCCCCCCCCCCCCC(=O)OCC(COC(=O)CCCCC)OC(=O)CCCCCCCCCCC. The van der Waals surface area contributed by atoms with Crippen LogP contribution in [0.15, 0.2) is 0 Å². The van der Waals surface area contributed by atoms with Crippen molar-refractivity contribution in [3.8, 4) is 0 Å². The molecule has 0 aromatic heterocycles. The Kier molecular flexibility index (Phi) is 32.1. The molecule has 0 saturated carbocycles. The Morgan fingerprint density at radius 2 is 0.628 bits per heavy atom. The van der Waals surface area contributed by atoms with Crippen LogP contribution in [-0.4, -0.2) is 37.2 Å². The molecule has 0 aromatic carbocycles. The van der Waals surface area contributed by atoms with Crippen molar-refractivity contribution in [2.75, 3.05) is 13.2 Å². The first-order valence-corrected chi connectivity index (χ1v) is 18.5. The second-order valence-corrected chi connectivity index (χ2v) is 12.5. The first-order valence-electron chi connectivity index (χ1n) is 18.5. The van der Waals surface area contributed by atoms with E-state index in [4.69, 9.17) is 14.2 Å². The number of carbonyl (C=O) groups is 3. The highest BCUT2D eigenvalue weighted by Gasteiger charge is 2.19. The van der Waals surface area contributed by atoms with Gasteiger partial charge in [0.25, 0.3) is 0 Å². The van der Waals surface area contributed by atoms with Gasteiger partial charge in [0, 0.05) is 19.3 Å². The van der Waals surface area contributed by atoms with Gasteiger partial charge in [-0.15, -0.1) is 0 Å². The van der Waals surface area contributed by atoms with Crippen molar-refractivity contribution >= 4 is 17.9 Å². The minimum Gasteiger partial charge on any atom is -0.462 e. The zero-order valence-electron chi connectivity index (χ0n) is 28.7. The van der Waals surface area contributed by atoms with E-state index in [1.54, 1.807) is 0 Å². The van der Waals surface area contributed by atoms with Crippen molar-refractivity contribution < 1.29 is 28.6 Å². The molecular weight excluding hydrogens is 540 g/mol. The normalized spacial score (nSPS) is 11.8. The summed E-state index contributed by atoms with van der Waals surface area (Å²) in [6, 6.07) is 0. The van der Waals surface area contributed by atoms with Gasteiger partial charge in [0.05, 0.1) is 0 Å². The van der Waals surface area contributed by atoms with Crippen molar-refractivity contribution in [3.05, 3.63) is 0 Å². The Bertz CT molecular complexity index is 635. The summed E-state index contributed by atoms with van der Waals surface area (Å²) in [4.78, 5) is 36.9. The lowest BCUT2D eigenvalue weighted by atomic mass is 10.0. The summed E-state index contributed by atoms with van der Waals surface area (Å²) in [5, 5.41) is 0. The molecule has 0 amide bonds. The molecule has 0 rings (SSSR count). The van der Waals surface area contributed by atoms with E-state index in [0.29, 0.717) is 19.3 Å². The Morgan fingerprint density at radius 1 is 0.372 bits per heavy atom. The molecule has 0 fully saturated rings. The molecule has 43 heavy (non-hydrogen) atoms. The van der Waals surface area contributed by atoms with Crippen molar-refractivity contribution in [2.24, 2.45) is 0 Å². The van der Waals surface area contributed by atoms with E-state index >= 15 is 0 Å². The zero-order chi connectivity index (χ0) is 31.6. The predicted molar refractivity (Wildman–Crippen MR) is 178 cm³/mol. The first kappa shape index (κ1) is 41.4. The number of hydrogen-bond donors (Lipinski definition) is 0. The summed E-state index contributed by atoms with van der Waals surface area (Å²) in [6.45, 7) is 6.44. The van der Waals surface area contributed by atoms with Crippen LogP contribution in [0.5, 0.6) is 0 Å². The van der Waals surface area contributed by atoms with Crippen LogP contribution in [0.3, 0.4) is 0 Å². The fourth-order valence-corrected chi connectivity index (χ4v) is 5.26. The maximum absolute atomic E-state index is 12.5. The molecule has 0 aliphatic heterocycles. The summed E-state index contributed by atoms with van der Waals surface area (Å²) >= 11 is 0. The maximum Gasteiger partial charge on any atom is 0.306 e. The number of carbonyl (C=O) groups excluding carboxylic acids is 3. The van der Waals surface area contributed by atoms with Crippen LogP contribution < -0.4 is 0 Å². The summed E-state index contributed by atoms with van der Waals surface area (Å²) in [5.41, 5.74) is 0. The molecule has 0 aromatic rings. The first-order chi connectivity index (χ1) is 21.0. The Labute approximate surface area is 266 Å². The summed E-state index contributed by atoms with van der Waals surface area (Å²) in [6.07, 6.45) is 30.0. The average molecular weight is 611 g/mol. The Hall–Kier alpha value is -1.59. The highest BCUT2D eigenvalue weighted by atomic mass is 16.6. The second-order valence-electron chi connectivity index (χ2n) is 12.5. The molecule has 0 N–H and O–H groups in total. The maximum atomic E-state index is 12.5. The van der Waals surface area contributed by atoms with Gasteiger partial charge in [-0.3, -0.25) is 14.4 Å². The van der Waals surface area contributed by atoms with Crippen molar-refractivity contribution in [3.63, 3.8) is 0 Å². The molecule has 6 nitrogen and oxygen atoms in total. The van der Waals surface area contributed by atoms with Crippen LogP contribution in [0.4, 0.5) is 0 Å². The quantitative estimate of drug-likeness (QED) is 0.0418. The van der Waals surface area contributed by atoms with Gasteiger partial charge < -0.3 is 14.2 Å². The van der Waals surface area contributed by atoms with Crippen LogP contribution in [-0.2, 0) is 28.6 Å². The van der Waals surface area contributed by atoms with Crippen LogP contribution in [0, 0.1) is 0 Å². The molecule has 0 spiro atoms. The third-order valence-corrected chi connectivity index (χ3v) is 8.11. The van der Waals surface area contributed by atoms with Crippen molar-refractivity contribution in [1.29, 1.82) is 0 Å². The lowest BCUT2D eigenvalue weighted by Gasteiger charge is -2.18. The number of hydrogen-bond acceptors (Lipinski definition) is 6. The minimum absolute atomic E-state index is 0.0665. The lowest BCUT2D eigenvalue weighted by Crippen LogP contribution is -2.30. The molecular formula is C37H70O6. The van der Waals surface area contributed by atoms with E-state index in [2.05, 4.69) is 20.8 Å². The highest BCUT2D eigenvalue weighted by Crippen LogP contribution is 2.14. The summed E-state index contributed by atoms with van der Waals surface area (Å²) < 4.78 is 16.4. The Morgan fingerprint density at radius 3 is 0.977 bits per heavy atom. The zero-order valence-corrected chi connectivity index (χ0v) is 28.7. The molecule has 6 heteroatoms. The summed E-state index contributed by atoms with van der Waals surface area (Å²) in [5.74, 6) is -0.897. The highest BCUT2D eigenvalue weighted by molar-refractivity contribution is 5.71.